The second-order valence-corrected chi connectivity index (χ2v) is 10.7. The zero-order chi connectivity index (χ0) is 22.2. The van der Waals surface area contributed by atoms with Crippen LogP contribution in [-0.4, -0.2) is 55.2 Å². The van der Waals surface area contributed by atoms with E-state index in [2.05, 4.69) is 4.90 Å². The van der Waals surface area contributed by atoms with E-state index in [1.165, 1.54) is 3.97 Å². The first-order valence-corrected chi connectivity index (χ1v) is 12.0. The smallest absolute Gasteiger partial charge is 0.410 e. The number of hydrogen-bond acceptors (Lipinski definition) is 5. The Morgan fingerprint density at radius 1 is 1.06 bits per heavy atom. The molecule has 0 saturated carbocycles. The van der Waals surface area contributed by atoms with E-state index in [4.69, 9.17) is 4.74 Å². The minimum Gasteiger partial charge on any atom is -0.444 e. The number of nitrogens with zero attached hydrogens (tertiary/aromatic N) is 3. The second-order valence-electron chi connectivity index (χ2n) is 8.88. The lowest BCUT2D eigenvalue weighted by atomic mass is 10.1. The predicted molar refractivity (Wildman–Crippen MR) is 123 cm³/mol. The Morgan fingerprint density at radius 2 is 1.81 bits per heavy atom. The van der Waals surface area contributed by atoms with Crippen LogP contribution in [0.5, 0.6) is 0 Å². The zero-order valence-corrected chi connectivity index (χ0v) is 19.1. The third-order valence-corrected chi connectivity index (χ3v) is 7.35. The number of rotatable bonds is 3. The maximum Gasteiger partial charge on any atom is 0.410 e. The number of anilines is 1. The molecule has 1 amide bonds. The first kappa shape index (κ1) is 21.5. The van der Waals surface area contributed by atoms with E-state index < -0.39 is 15.6 Å². The van der Waals surface area contributed by atoms with Crippen LogP contribution in [0.1, 0.15) is 33.6 Å². The molecule has 1 aliphatic heterocycles. The molecule has 0 unspecified atom stereocenters. The van der Waals surface area contributed by atoms with E-state index in [1.807, 2.05) is 51.1 Å². The summed E-state index contributed by atoms with van der Waals surface area (Å²) in [6.45, 7) is 8.02. The lowest BCUT2D eigenvalue weighted by molar-refractivity contribution is 0.0240. The molecule has 7 nitrogen and oxygen atoms in total. The van der Waals surface area contributed by atoms with Crippen molar-refractivity contribution >= 4 is 32.7 Å². The fourth-order valence-electron chi connectivity index (χ4n) is 3.99. The van der Waals surface area contributed by atoms with Crippen molar-refractivity contribution in [2.45, 2.75) is 39.2 Å². The van der Waals surface area contributed by atoms with E-state index in [-0.39, 0.29) is 6.09 Å². The molecule has 0 radical (unpaired) electrons. The molecule has 0 atom stereocenters. The highest BCUT2D eigenvalue weighted by atomic mass is 32.2. The van der Waals surface area contributed by atoms with Gasteiger partial charge in [-0.1, -0.05) is 18.2 Å². The number of fused-ring (bicyclic) bond motifs is 1. The quantitative estimate of drug-likeness (QED) is 0.714. The van der Waals surface area contributed by atoms with Crippen LogP contribution in [0.4, 0.5) is 10.5 Å². The standard InChI is InChI=1S/C23H29N3O4S/c1-23(2,3)30-22(27)25-16-14-24(15-17-25)20-10-7-11-21-19(20)12-13-26(21)31(28,29)18-8-5-4-6-9-18/h4-5,7-8,10-13H,6,9,14-17H2,1-3H3. The fourth-order valence-corrected chi connectivity index (χ4v) is 5.51. The molecule has 0 N–H and O–H groups in total. The highest BCUT2D eigenvalue weighted by Gasteiger charge is 2.27. The number of carbonyl (C=O) groups excluding carboxylic acids is 1. The molecular weight excluding hydrogens is 414 g/mol. The molecule has 31 heavy (non-hydrogen) atoms. The van der Waals surface area contributed by atoms with Crippen molar-refractivity contribution < 1.29 is 17.9 Å². The van der Waals surface area contributed by atoms with Crippen LogP contribution in [0.25, 0.3) is 10.9 Å². The molecular formula is C23H29N3O4S. The maximum atomic E-state index is 13.2. The summed E-state index contributed by atoms with van der Waals surface area (Å²) in [7, 11) is -3.59. The van der Waals surface area contributed by atoms with Crippen molar-refractivity contribution in [3.05, 3.63) is 53.6 Å². The van der Waals surface area contributed by atoms with Crippen molar-refractivity contribution in [1.29, 1.82) is 0 Å². The van der Waals surface area contributed by atoms with Crippen LogP contribution >= 0.6 is 0 Å². The highest BCUT2D eigenvalue weighted by Crippen LogP contribution is 2.32. The van der Waals surface area contributed by atoms with Gasteiger partial charge in [-0.3, -0.25) is 0 Å². The molecule has 1 saturated heterocycles. The van der Waals surface area contributed by atoms with Gasteiger partial charge in [-0.2, -0.15) is 0 Å². The minimum absolute atomic E-state index is 0.294. The molecule has 4 rings (SSSR count). The summed E-state index contributed by atoms with van der Waals surface area (Å²) in [5.41, 5.74) is 1.13. The molecule has 1 aliphatic carbocycles. The molecule has 1 aromatic carbocycles. The summed E-state index contributed by atoms with van der Waals surface area (Å²) in [4.78, 5) is 16.7. The highest BCUT2D eigenvalue weighted by molar-refractivity contribution is 7.94. The number of allylic oxidation sites excluding steroid dienone is 4. The van der Waals surface area contributed by atoms with E-state index in [0.717, 1.165) is 17.5 Å². The van der Waals surface area contributed by atoms with E-state index in [9.17, 15) is 13.2 Å². The van der Waals surface area contributed by atoms with Gasteiger partial charge in [0.15, 0.2) is 0 Å². The van der Waals surface area contributed by atoms with Crippen molar-refractivity contribution in [2.24, 2.45) is 0 Å². The Kier molecular flexibility index (Phi) is 5.60. The van der Waals surface area contributed by atoms with Crippen molar-refractivity contribution in [2.75, 3.05) is 31.1 Å². The van der Waals surface area contributed by atoms with Crippen LogP contribution < -0.4 is 4.90 Å². The summed E-state index contributed by atoms with van der Waals surface area (Å²) in [5, 5.41) is 0.892. The van der Waals surface area contributed by atoms with Crippen molar-refractivity contribution in [1.82, 2.24) is 8.87 Å². The Labute approximate surface area is 183 Å². The van der Waals surface area contributed by atoms with Crippen molar-refractivity contribution in [3.63, 3.8) is 0 Å². The first-order chi connectivity index (χ1) is 14.7. The number of aromatic nitrogens is 1. The lowest BCUT2D eigenvalue weighted by Crippen LogP contribution is -2.50. The van der Waals surface area contributed by atoms with E-state index >= 15 is 0 Å². The predicted octanol–water partition coefficient (Wildman–Crippen LogP) is 4.11. The van der Waals surface area contributed by atoms with Gasteiger partial charge in [0.2, 0.25) is 0 Å². The Bertz CT molecular complexity index is 1150. The number of benzene rings is 1. The SMILES string of the molecule is CC(C)(C)OC(=O)N1CCN(c2cccc3c2ccn3S(=O)(=O)C2=CC=CCC2)CC1. The monoisotopic (exact) mass is 443 g/mol. The summed E-state index contributed by atoms with van der Waals surface area (Å²) in [6, 6.07) is 7.60. The van der Waals surface area contributed by atoms with E-state index in [1.54, 1.807) is 23.2 Å². The van der Waals surface area contributed by atoms with Gasteiger partial charge in [-0.05, 0) is 57.9 Å². The Hall–Kier alpha value is -2.74. The van der Waals surface area contributed by atoms with Crippen LogP contribution in [0, 0.1) is 0 Å². The largest absolute Gasteiger partial charge is 0.444 e. The van der Waals surface area contributed by atoms with Gasteiger partial charge in [0.05, 0.1) is 10.4 Å². The number of carbonyl (C=O) groups is 1. The molecule has 2 aliphatic rings. The van der Waals surface area contributed by atoms with Gasteiger partial charge < -0.3 is 14.5 Å². The van der Waals surface area contributed by atoms with Crippen LogP contribution in [0.15, 0.2) is 53.6 Å². The molecule has 0 spiro atoms. The van der Waals surface area contributed by atoms with Crippen LogP contribution in [0.2, 0.25) is 0 Å². The van der Waals surface area contributed by atoms with Crippen LogP contribution in [-0.2, 0) is 14.8 Å². The molecule has 8 heteroatoms. The molecule has 166 valence electrons. The van der Waals surface area contributed by atoms with Gasteiger partial charge in [0.25, 0.3) is 10.0 Å². The summed E-state index contributed by atoms with van der Waals surface area (Å²) < 4.78 is 33.2. The summed E-state index contributed by atoms with van der Waals surface area (Å²) in [6.07, 6.45) is 8.06. The van der Waals surface area contributed by atoms with Gasteiger partial charge >= 0.3 is 6.09 Å². The summed E-state index contributed by atoms with van der Waals surface area (Å²) in [5.74, 6) is 0. The molecule has 1 fully saturated rings. The molecule has 2 heterocycles. The van der Waals surface area contributed by atoms with Gasteiger partial charge in [-0.15, -0.1) is 0 Å². The normalized spacial score (nSPS) is 17.7. The lowest BCUT2D eigenvalue weighted by Gasteiger charge is -2.37. The number of piperazine rings is 1. The topological polar surface area (TPSA) is 71.8 Å². The second kappa shape index (κ2) is 8.07. The fraction of sp³-hybridized carbons (Fsp3) is 0.435. The maximum absolute atomic E-state index is 13.2. The average molecular weight is 444 g/mol. The van der Waals surface area contributed by atoms with Crippen molar-refractivity contribution in [3.8, 4) is 0 Å². The van der Waals surface area contributed by atoms with E-state index in [0.29, 0.717) is 43.0 Å². The Morgan fingerprint density at radius 3 is 2.45 bits per heavy atom. The average Bonchev–Trinajstić information content (AvgIpc) is 3.18. The first-order valence-electron chi connectivity index (χ1n) is 10.6. The van der Waals surface area contributed by atoms with Crippen LogP contribution in [0.3, 0.4) is 0 Å². The Balaban J connectivity index is 1.56. The molecule has 2 aromatic rings. The number of ether oxygens (including phenoxy) is 1. The van der Waals surface area contributed by atoms with Gasteiger partial charge in [0.1, 0.15) is 5.60 Å². The third kappa shape index (κ3) is 4.35. The minimum atomic E-state index is -3.59. The molecule has 0 bridgehead atoms. The summed E-state index contributed by atoms with van der Waals surface area (Å²) >= 11 is 0. The van der Waals surface area contributed by atoms with Gasteiger partial charge in [-0.25, -0.2) is 17.2 Å². The zero-order valence-electron chi connectivity index (χ0n) is 18.2. The number of amides is 1. The number of hydrogen-bond donors (Lipinski definition) is 0. The van der Waals surface area contributed by atoms with Gasteiger partial charge in [0, 0.05) is 43.4 Å². The molecule has 1 aromatic heterocycles. The third-order valence-electron chi connectivity index (χ3n) is 5.51.